The van der Waals surface area contributed by atoms with E-state index in [-0.39, 0.29) is 24.7 Å². The monoisotopic (exact) mass is 397 g/mol. The number of anilines is 1. The van der Waals surface area contributed by atoms with Gasteiger partial charge in [-0.15, -0.1) is 0 Å². The van der Waals surface area contributed by atoms with E-state index in [9.17, 15) is 9.59 Å². The lowest BCUT2D eigenvalue weighted by atomic mass is 10.1. The van der Waals surface area contributed by atoms with Gasteiger partial charge in [0.15, 0.2) is 11.5 Å². The minimum Gasteiger partial charge on any atom is -0.493 e. The van der Waals surface area contributed by atoms with Crippen LogP contribution >= 0.6 is 0 Å². The van der Waals surface area contributed by atoms with Gasteiger partial charge in [0.25, 0.3) is 0 Å². The Labute approximate surface area is 171 Å². The van der Waals surface area contributed by atoms with E-state index in [0.717, 1.165) is 12.0 Å². The zero-order valence-corrected chi connectivity index (χ0v) is 17.1. The van der Waals surface area contributed by atoms with E-state index in [1.807, 2.05) is 12.1 Å². The number of pyridine rings is 1. The quantitative estimate of drug-likeness (QED) is 0.771. The fraction of sp³-hybridized carbons (Fsp3) is 0.409. The number of nitrogens with one attached hydrogen (secondary N) is 1. The summed E-state index contributed by atoms with van der Waals surface area (Å²) in [4.78, 5) is 31.0. The second-order valence-electron chi connectivity index (χ2n) is 7.39. The summed E-state index contributed by atoms with van der Waals surface area (Å²) >= 11 is 0. The Morgan fingerprint density at radius 3 is 2.83 bits per heavy atom. The minimum absolute atomic E-state index is 0.112. The van der Waals surface area contributed by atoms with Crippen LogP contribution in [0.5, 0.6) is 17.4 Å². The van der Waals surface area contributed by atoms with Gasteiger partial charge in [-0.05, 0) is 30.5 Å². The molecule has 1 aliphatic rings. The van der Waals surface area contributed by atoms with Crippen molar-refractivity contribution in [1.82, 2.24) is 10.3 Å². The van der Waals surface area contributed by atoms with Crippen molar-refractivity contribution in [1.29, 1.82) is 0 Å². The molecule has 1 aliphatic heterocycles. The van der Waals surface area contributed by atoms with Gasteiger partial charge >= 0.3 is 0 Å². The lowest BCUT2D eigenvalue weighted by Crippen LogP contribution is -2.32. The molecule has 7 nitrogen and oxygen atoms in total. The molecule has 2 amide bonds. The first-order valence-corrected chi connectivity index (χ1v) is 9.85. The second-order valence-corrected chi connectivity index (χ2v) is 7.39. The number of hydrogen-bond donors (Lipinski definition) is 1. The van der Waals surface area contributed by atoms with Gasteiger partial charge < -0.3 is 19.7 Å². The number of nitrogens with zero attached hydrogens (tertiary/aromatic N) is 2. The van der Waals surface area contributed by atoms with Crippen molar-refractivity contribution in [2.45, 2.75) is 39.7 Å². The SMILES string of the molecule is COc1cccc2c1Oc1ncccc1N(C(=O)CCC(=O)NCCC(C)C)C2. The molecule has 0 saturated carbocycles. The molecule has 1 aromatic carbocycles. The Bertz CT molecular complexity index is 882. The van der Waals surface area contributed by atoms with Crippen LogP contribution in [0.1, 0.15) is 38.7 Å². The lowest BCUT2D eigenvalue weighted by molar-refractivity contribution is -0.125. The first kappa shape index (κ1) is 20.6. The van der Waals surface area contributed by atoms with Crippen molar-refractivity contribution >= 4 is 17.5 Å². The maximum atomic E-state index is 13.0. The number of ether oxygens (including phenoxy) is 2. The fourth-order valence-corrected chi connectivity index (χ4v) is 3.15. The lowest BCUT2D eigenvalue weighted by Gasteiger charge is -2.21. The van der Waals surface area contributed by atoms with Crippen LogP contribution in [0.25, 0.3) is 0 Å². The highest BCUT2D eigenvalue weighted by molar-refractivity contribution is 5.96. The largest absolute Gasteiger partial charge is 0.493 e. The number of para-hydroxylation sites is 1. The Hall–Kier alpha value is -3.09. The maximum Gasteiger partial charge on any atom is 0.243 e. The molecule has 1 aromatic heterocycles. The van der Waals surface area contributed by atoms with Crippen LogP contribution in [0.15, 0.2) is 36.5 Å². The van der Waals surface area contributed by atoms with E-state index < -0.39 is 0 Å². The van der Waals surface area contributed by atoms with Crippen molar-refractivity contribution in [3.63, 3.8) is 0 Å². The van der Waals surface area contributed by atoms with Crippen molar-refractivity contribution in [3.05, 3.63) is 42.1 Å². The van der Waals surface area contributed by atoms with Crippen LogP contribution in [0, 0.1) is 5.92 Å². The number of hydrogen-bond acceptors (Lipinski definition) is 5. The molecule has 2 aromatic rings. The first-order chi connectivity index (χ1) is 14.0. The van der Waals surface area contributed by atoms with E-state index >= 15 is 0 Å². The number of benzene rings is 1. The van der Waals surface area contributed by atoms with Crippen LogP contribution in [0.3, 0.4) is 0 Å². The number of methoxy groups -OCH3 is 1. The second kappa shape index (κ2) is 9.41. The van der Waals surface area contributed by atoms with E-state index in [4.69, 9.17) is 9.47 Å². The summed E-state index contributed by atoms with van der Waals surface area (Å²) in [6, 6.07) is 9.11. The van der Waals surface area contributed by atoms with Gasteiger partial charge in [-0.1, -0.05) is 26.0 Å². The minimum atomic E-state index is -0.155. The number of aromatic nitrogens is 1. The predicted octanol–water partition coefficient (Wildman–Crippen LogP) is 3.67. The van der Waals surface area contributed by atoms with Gasteiger partial charge in [0.1, 0.15) is 5.69 Å². The molecule has 154 valence electrons. The number of rotatable bonds is 7. The molecule has 0 radical (unpaired) electrons. The van der Waals surface area contributed by atoms with Crippen molar-refractivity contribution in [2.75, 3.05) is 18.6 Å². The van der Waals surface area contributed by atoms with E-state index in [1.54, 1.807) is 36.4 Å². The molecule has 0 unspecified atom stereocenters. The highest BCUT2D eigenvalue weighted by Gasteiger charge is 2.28. The van der Waals surface area contributed by atoms with Gasteiger partial charge in [0.05, 0.1) is 13.7 Å². The topological polar surface area (TPSA) is 80.8 Å². The third kappa shape index (κ3) is 5.04. The molecule has 7 heteroatoms. The van der Waals surface area contributed by atoms with E-state index in [1.165, 1.54) is 0 Å². The smallest absolute Gasteiger partial charge is 0.243 e. The highest BCUT2D eigenvalue weighted by atomic mass is 16.5. The number of carbonyl (C=O) groups excluding carboxylic acids is 2. The number of carbonyl (C=O) groups is 2. The standard InChI is InChI=1S/C22H27N3O4/c1-15(2)11-13-23-19(26)9-10-20(27)25-14-16-6-4-8-18(28-3)21(16)29-22-17(25)7-5-12-24-22/h4-8,12,15H,9-11,13-14H2,1-3H3,(H,23,26). The zero-order chi connectivity index (χ0) is 20.8. The van der Waals surface area contributed by atoms with Crippen LogP contribution in [-0.2, 0) is 16.1 Å². The normalized spacial score (nSPS) is 12.5. The van der Waals surface area contributed by atoms with Crippen molar-refractivity contribution in [3.8, 4) is 17.4 Å². The fourth-order valence-electron chi connectivity index (χ4n) is 3.15. The molecule has 0 atom stereocenters. The Balaban J connectivity index is 1.75. The summed E-state index contributed by atoms with van der Waals surface area (Å²) in [5, 5.41) is 2.87. The molecule has 0 fully saturated rings. The molecule has 2 heterocycles. The van der Waals surface area contributed by atoms with Crippen LogP contribution in [-0.4, -0.2) is 30.5 Å². The molecule has 3 rings (SSSR count). The van der Waals surface area contributed by atoms with Gasteiger partial charge in [0, 0.05) is 31.1 Å². The van der Waals surface area contributed by atoms with Crippen molar-refractivity contribution < 1.29 is 19.1 Å². The van der Waals surface area contributed by atoms with Crippen LogP contribution < -0.4 is 19.7 Å². The molecule has 1 N–H and O–H groups in total. The van der Waals surface area contributed by atoms with Gasteiger partial charge in [-0.2, -0.15) is 0 Å². The summed E-state index contributed by atoms with van der Waals surface area (Å²) in [6.45, 7) is 5.16. The summed E-state index contributed by atoms with van der Waals surface area (Å²) in [7, 11) is 1.57. The molecular weight excluding hydrogens is 370 g/mol. The molecule has 0 bridgehead atoms. The van der Waals surface area contributed by atoms with Gasteiger partial charge in [0.2, 0.25) is 17.7 Å². The van der Waals surface area contributed by atoms with Crippen molar-refractivity contribution in [2.24, 2.45) is 5.92 Å². The average Bonchev–Trinajstić information content (AvgIpc) is 2.88. The summed E-state index contributed by atoms with van der Waals surface area (Å²) < 4.78 is 11.4. The maximum absolute atomic E-state index is 13.0. The first-order valence-electron chi connectivity index (χ1n) is 9.85. The van der Waals surface area contributed by atoms with Crippen LogP contribution in [0.2, 0.25) is 0 Å². The summed E-state index contributed by atoms with van der Waals surface area (Å²) in [5.41, 5.74) is 1.40. The Kier molecular flexibility index (Phi) is 6.69. The highest BCUT2D eigenvalue weighted by Crippen LogP contribution is 2.42. The van der Waals surface area contributed by atoms with Crippen LogP contribution in [0.4, 0.5) is 5.69 Å². The average molecular weight is 397 g/mol. The zero-order valence-electron chi connectivity index (χ0n) is 17.1. The third-order valence-electron chi connectivity index (χ3n) is 4.76. The number of fused-ring (bicyclic) bond motifs is 2. The predicted molar refractivity (Wildman–Crippen MR) is 110 cm³/mol. The molecular formula is C22H27N3O4. The molecule has 29 heavy (non-hydrogen) atoms. The van der Waals surface area contributed by atoms with E-state index in [0.29, 0.717) is 42.1 Å². The molecule has 0 spiro atoms. The summed E-state index contributed by atoms with van der Waals surface area (Å²) in [5.74, 6) is 1.73. The summed E-state index contributed by atoms with van der Waals surface area (Å²) in [6.07, 6.45) is 2.79. The Morgan fingerprint density at radius 2 is 2.07 bits per heavy atom. The van der Waals surface area contributed by atoms with E-state index in [2.05, 4.69) is 24.1 Å². The third-order valence-corrected chi connectivity index (χ3v) is 4.76. The molecule has 0 saturated heterocycles. The Morgan fingerprint density at radius 1 is 1.24 bits per heavy atom. The van der Waals surface area contributed by atoms with Gasteiger partial charge in [-0.3, -0.25) is 9.59 Å². The number of amides is 2. The van der Waals surface area contributed by atoms with Gasteiger partial charge in [-0.25, -0.2) is 4.98 Å². The molecule has 0 aliphatic carbocycles.